The van der Waals surface area contributed by atoms with Crippen molar-refractivity contribution < 1.29 is 13.9 Å². The fourth-order valence-corrected chi connectivity index (χ4v) is 2.16. The van der Waals surface area contributed by atoms with Gasteiger partial charge in [-0.1, -0.05) is 6.07 Å². The Balaban J connectivity index is 1.94. The van der Waals surface area contributed by atoms with Gasteiger partial charge in [-0.25, -0.2) is 4.39 Å². The first-order valence-corrected chi connectivity index (χ1v) is 6.51. The first-order chi connectivity index (χ1) is 9.75. The van der Waals surface area contributed by atoms with Gasteiger partial charge in [-0.3, -0.25) is 4.98 Å². The number of fused-ring (bicyclic) bond motifs is 1. The molecule has 0 saturated carbocycles. The van der Waals surface area contributed by atoms with Crippen LogP contribution in [0, 0.1) is 5.82 Å². The standard InChI is InChI=1S/C15H15FN2O2/c16-11-3-1-6-18-15(11)14(17)10-4-5-12-13(9-10)20-8-2-7-19-12/h1,3-6,9,14H,2,7-8,17H2. The molecule has 2 heterocycles. The molecule has 3 rings (SSSR count). The average Bonchev–Trinajstić information content (AvgIpc) is 2.71. The summed E-state index contributed by atoms with van der Waals surface area (Å²) in [5.74, 6) is 0.929. The molecule has 1 aromatic carbocycles. The molecular weight excluding hydrogens is 259 g/mol. The predicted molar refractivity (Wildman–Crippen MR) is 72.3 cm³/mol. The van der Waals surface area contributed by atoms with Crippen LogP contribution in [-0.4, -0.2) is 18.2 Å². The van der Waals surface area contributed by atoms with Crippen LogP contribution >= 0.6 is 0 Å². The van der Waals surface area contributed by atoms with Gasteiger partial charge in [-0.15, -0.1) is 0 Å². The third kappa shape index (κ3) is 2.44. The highest BCUT2D eigenvalue weighted by atomic mass is 19.1. The first kappa shape index (κ1) is 12.9. The van der Waals surface area contributed by atoms with E-state index >= 15 is 0 Å². The van der Waals surface area contributed by atoms with Gasteiger partial charge in [0.05, 0.1) is 24.9 Å². The van der Waals surface area contributed by atoms with Crippen LogP contribution in [0.1, 0.15) is 23.7 Å². The number of hydrogen-bond acceptors (Lipinski definition) is 4. The van der Waals surface area contributed by atoms with Gasteiger partial charge in [0, 0.05) is 12.6 Å². The van der Waals surface area contributed by atoms with Gasteiger partial charge in [0.1, 0.15) is 5.82 Å². The molecule has 1 aliphatic heterocycles. The highest BCUT2D eigenvalue weighted by molar-refractivity contribution is 5.45. The number of pyridine rings is 1. The van der Waals surface area contributed by atoms with E-state index in [1.54, 1.807) is 18.2 Å². The van der Waals surface area contributed by atoms with Crippen LogP contribution in [0.3, 0.4) is 0 Å². The van der Waals surface area contributed by atoms with E-state index in [1.807, 2.05) is 6.07 Å². The zero-order valence-electron chi connectivity index (χ0n) is 10.9. The molecule has 0 aliphatic carbocycles. The summed E-state index contributed by atoms with van der Waals surface area (Å²) in [5.41, 5.74) is 7.06. The van der Waals surface area contributed by atoms with Crippen LogP contribution in [0.15, 0.2) is 36.5 Å². The Morgan fingerprint density at radius 1 is 1.15 bits per heavy atom. The van der Waals surface area contributed by atoms with Crippen LogP contribution in [-0.2, 0) is 0 Å². The van der Waals surface area contributed by atoms with Crippen molar-refractivity contribution >= 4 is 0 Å². The van der Waals surface area contributed by atoms with Gasteiger partial charge >= 0.3 is 0 Å². The fraction of sp³-hybridized carbons (Fsp3) is 0.267. The number of benzene rings is 1. The lowest BCUT2D eigenvalue weighted by atomic mass is 10.0. The molecule has 0 radical (unpaired) electrons. The largest absolute Gasteiger partial charge is 0.490 e. The minimum absolute atomic E-state index is 0.224. The summed E-state index contributed by atoms with van der Waals surface area (Å²) in [7, 11) is 0. The number of aromatic nitrogens is 1. The normalized spacial score (nSPS) is 15.5. The minimum atomic E-state index is -0.631. The van der Waals surface area contributed by atoms with E-state index in [4.69, 9.17) is 15.2 Å². The van der Waals surface area contributed by atoms with Gasteiger partial charge in [0.2, 0.25) is 0 Å². The quantitative estimate of drug-likeness (QED) is 0.913. The van der Waals surface area contributed by atoms with Crippen LogP contribution in [0.25, 0.3) is 0 Å². The second kappa shape index (κ2) is 5.46. The summed E-state index contributed by atoms with van der Waals surface area (Å²) in [5, 5.41) is 0. The molecule has 1 aliphatic rings. The average molecular weight is 274 g/mol. The Hall–Kier alpha value is -2.14. The fourth-order valence-electron chi connectivity index (χ4n) is 2.16. The van der Waals surface area contributed by atoms with Crippen molar-refractivity contribution in [1.82, 2.24) is 4.98 Å². The summed E-state index contributed by atoms with van der Waals surface area (Å²) in [6, 6.07) is 7.67. The van der Waals surface area contributed by atoms with E-state index in [1.165, 1.54) is 12.3 Å². The Kier molecular flexibility index (Phi) is 3.52. The highest BCUT2D eigenvalue weighted by Crippen LogP contribution is 2.33. The number of halogens is 1. The second-order valence-corrected chi connectivity index (χ2v) is 4.60. The zero-order valence-corrected chi connectivity index (χ0v) is 10.9. The number of nitrogens with zero attached hydrogens (tertiary/aromatic N) is 1. The van der Waals surface area contributed by atoms with Crippen molar-refractivity contribution in [2.45, 2.75) is 12.5 Å². The number of nitrogens with two attached hydrogens (primary N) is 1. The van der Waals surface area contributed by atoms with E-state index in [-0.39, 0.29) is 5.69 Å². The Morgan fingerprint density at radius 3 is 2.75 bits per heavy atom. The topological polar surface area (TPSA) is 57.4 Å². The SMILES string of the molecule is NC(c1ccc2c(c1)OCCCO2)c1ncccc1F. The van der Waals surface area contributed by atoms with E-state index in [9.17, 15) is 4.39 Å². The van der Waals surface area contributed by atoms with Gasteiger partial charge in [0.15, 0.2) is 11.5 Å². The maximum atomic E-state index is 13.7. The molecule has 0 fully saturated rings. The molecule has 0 saturated heterocycles. The van der Waals surface area contributed by atoms with Crippen molar-refractivity contribution in [1.29, 1.82) is 0 Å². The van der Waals surface area contributed by atoms with Crippen LogP contribution in [0.4, 0.5) is 4.39 Å². The molecule has 0 amide bonds. The molecule has 1 unspecified atom stereocenters. The lowest BCUT2D eigenvalue weighted by Crippen LogP contribution is -2.15. The highest BCUT2D eigenvalue weighted by Gasteiger charge is 2.18. The van der Waals surface area contributed by atoms with Crippen LogP contribution in [0.5, 0.6) is 11.5 Å². The smallest absolute Gasteiger partial charge is 0.161 e. The summed E-state index contributed by atoms with van der Waals surface area (Å²) in [6.45, 7) is 1.23. The molecule has 2 N–H and O–H groups in total. The predicted octanol–water partition coefficient (Wildman–Crippen LogP) is 2.43. The van der Waals surface area contributed by atoms with Crippen LogP contribution < -0.4 is 15.2 Å². The van der Waals surface area contributed by atoms with Crippen molar-refractivity contribution in [2.75, 3.05) is 13.2 Å². The van der Waals surface area contributed by atoms with Gasteiger partial charge in [-0.2, -0.15) is 0 Å². The van der Waals surface area contributed by atoms with Crippen LogP contribution in [0.2, 0.25) is 0 Å². The van der Waals surface area contributed by atoms with Crippen molar-refractivity contribution in [3.8, 4) is 11.5 Å². The molecule has 1 aromatic heterocycles. The zero-order chi connectivity index (χ0) is 13.9. The molecule has 0 bridgehead atoms. The molecule has 2 aromatic rings. The monoisotopic (exact) mass is 274 g/mol. The van der Waals surface area contributed by atoms with E-state index in [0.29, 0.717) is 24.7 Å². The molecule has 20 heavy (non-hydrogen) atoms. The lowest BCUT2D eigenvalue weighted by molar-refractivity contribution is 0.297. The Bertz CT molecular complexity index is 619. The third-order valence-electron chi connectivity index (χ3n) is 3.21. The molecule has 1 atom stereocenters. The van der Waals surface area contributed by atoms with E-state index in [0.717, 1.165) is 12.0 Å². The minimum Gasteiger partial charge on any atom is -0.490 e. The maximum Gasteiger partial charge on any atom is 0.161 e. The molecule has 0 spiro atoms. The van der Waals surface area contributed by atoms with Gasteiger partial charge in [-0.05, 0) is 29.8 Å². The Labute approximate surface area is 116 Å². The molecule has 5 heteroatoms. The van der Waals surface area contributed by atoms with Gasteiger partial charge < -0.3 is 15.2 Å². The van der Waals surface area contributed by atoms with E-state index in [2.05, 4.69) is 4.98 Å². The lowest BCUT2D eigenvalue weighted by Gasteiger charge is -2.15. The summed E-state index contributed by atoms with van der Waals surface area (Å²) in [6.07, 6.45) is 2.37. The Morgan fingerprint density at radius 2 is 1.95 bits per heavy atom. The number of hydrogen-bond donors (Lipinski definition) is 1. The first-order valence-electron chi connectivity index (χ1n) is 6.51. The summed E-state index contributed by atoms with van der Waals surface area (Å²) >= 11 is 0. The number of rotatable bonds is 2. The van der Waals surface area contributed by atoms with Gasteiger partial charge in [0.25, 0.3) is 0 Å². The second-order valence-electron chi connectivity index (χ2n) is 4.60. The molecule has 4 nitrogen and oxygen atoms in total. The maximum absolute atomic E-state index is 13.7. The summed E-state index contributed by atoms with van der Waals surface area (Å²) in [4.78, 5) is 4.01. The molecule has 104 valence electrons. The summed E-state index contributed by atoms with van der Waals surface area (Å²) < 4.78 is 24.9. The third-order valence-corrected chi connectivity index (χ3v) is 3.21. The van der Waals surface area contributed by atoms with Crippen molar-refractivity contribution in [3.63, 3.8) is 0 Å². The van der Waals surface area contributed by atoms with E-state index < -0.39 is 11.9 Å². The van der Waals surface area contributed by atoms with Crippen molar-refractivity contribution in [2.24, 2.45) is 5.73 Å². The van der Waals surface area contributed by atoms with Crippen molar-refractivity contribution in [3.05, 3.63) is 53.6 Å². The molecular formula is C15H15FN2O2. The number of ether oxygens (including phenoxy) is 2.